The maximum atomic E-state index is 11.9. The smallest absolute Gasteiger partial charge is 0.407 e. The minimum atomic E-state index is -0.475. The molecule has 1 atom stereocenters. The maximum absolute atomic E-state index is 11.9. The molecule has 1 aromatic rings. The average molecular weight is 290 g/mol. The van der Waals surface area contributed by atoms with E-state index < -0.39 is 5.60 Å². The van der Waals surface area contributed by atoms with Gasteiger partial charge in [0.25, 0.3) is 0 Å². The van der Waals surface area contributed by atoms with Gasteiger partial charge in [0.1, 0.15) is 5.60 Å². The van der Waals surface area contributed by atoms with Crippen molar-refractivity contribution in [2.24, 2.45) is 0 Å². The number of alkyl carbamates (subject to hydrolysis) is 1. The summed E-state index contributed by atoms with van der Waals surface area (Å²) in [4.78, 5) is 14.0. The van der Waals surface area contributed by atoms with Crippen molar-refractivity contribution in [3.63, 3.8) is 0 Å². The highest BCUT2D eigenvalue weighted by atomic mass is 16.6. The van der Waals surface area contributed by atoms with Crippen molar-refractivity contribution in [3.05, 3.63) is 24.3 Å². The lowest BCUT2D eigenvalue weighted by molar-refractivity contribution is 0.0500. The van der Waals surface area contributed by atoms with Gasteiger partial charge in [-0.1, -0.05) is 12.1 Å². The molecule has 115 valence electrons. The number of hydrogen-bond acceptors (Lipinski definition) is 4. The summed E-state index contributed by atoms with van der Waals surface area (Å²) in [7, 11) is 0. The number of anilines is 2. The van der Waals surface area contributed by atoms with Crippen LogP contribution in [-0.2, 0) is 4.74 Å². The third-order valence-electron chi connectivity index (χ3n) is 3.35. The maximum Gasteiger partial charge on any atom is 0.407 e. The normalized spacial score (nSPS) is 19.2. The first-order valence-electron chi connectivity index (χ1n) is 7.36. The summed E-state index contributed by atoms with van der Waals surface area (Å²) in [6.45, 7) is 7.26. The number of para-hydroxylation sites is 1. The molecule has 1 aliphatic heterocycles. The number of nitrogens with zero attached hydrogens (tertiary/aromatic N) is 1. The lowest BCUT2D eigenvalue weighted by Gasteiger charge is -2.35. The summed E-state index contributed by atoms with van der Waals surface area (Å²) in [6, 6.07) is 8.80. The molecule has 0 aromatic heterocycles. The SMILES string of the molecule is CC(C)(C)OC(=O)N[C@@H]1CCCN(c2ccc[c]c2N)C1. The zero-order valence-corrected chi connectivity index (χ0v) is 13.0. The van der Waals surface area contributed by atoms with Gasteiger partial charge in [-0.15, -0.1) is 0 Å². The first-order valence-corrected chi connectivity index (χ1v) is 7.36. The van der Waals surface area contributed by atoms with Crippen LogP contribution in [0, 0.1) is 6.07 Å². The van der Waals surface area contributed by atoms with Crippen LogP contribution in [0.1, 0.15) is 33.6 Å². The van der Waals surface area contributed by atoms with Gasteiger partial charge in [0.05, 0.1) is 11.4 Å². The van der Waals surface area contributed by atoms with Crippen LogP contribution in [-0.4, -0.2) is 30.8 Å². The number of rotatable bonds is 2. The third kappa shape index (κ3) is 4.55. The van der Waals surface area contributed by atoms with Crippen LogP contribution in [0.4, 0.5) is 16.2 Å². The lowest BCUT2D eigenvalue weighted by Crippen LogP contribution is -2.49. The number of hydrogen-bond donors (Lipinski definition) is 2. The van der Waals surface area contributed by atoms with Gasteiger partial charge in [-0.2, -0.15) is 0 Å². The first kappa shape index (κ1) is 15.5. The zero-order chi connectivity index (χ0) is 15.5. The second kappa shape index (κ2) is 6.24. The van der Waals surface area contributed by atoms with E-state index in [1.807, 2.05) is 32.9 Å². The molecule has 1 radical (unpaired) electrons. The van der Waals surface area contributed by atoms with E-state index in [0.717, 1.165) is 31.6 Å². The Morgan fingerprint density at radius 3 is 2.95 bits per heavy atom. The predicted octanol–water partition coefficient (Wildman–Crippen LogP) is 2.56. The van der Waals surface area contributed by atoms with Gasteiger partial charge in [-0.25, -0.2) is 4.79 Å². The van der Waals surface area contributed by atoms with Gasteiger partial charge < -0.3 is 20.7 Å². The molecular weight excluding hydrogens is 266 g/mol. The van der Waals surface area contributed by atoms with Crippen molar-refractivity contribution in [1.29, 1.82) is 0 Å². The minimum Gasteiger partial charge on any atom is -0.444 e. The van der Waals surface area contributed by atoms with Crippen LogP contribution in [0.25, 0.3) is 0 Å². The molecule has 1 aromatic carbocycles. The topological polar surface area (TPSA) is 67.6 Å². The predicted molar refractivity (Wildman–Crippen MR) is 84.3 cm³/mol. The quantitative estimate of drug-likeness (QED) is 0.821. The van der Waals surface area contributed by atoms with Crippen LogP contribution >= 0.6 is 0 Å². The van der Waals surface area contributed by atoms with Crippen molar-refractivity contribution in [3.8, 4) is 0 Å². The van der Waals surface area contributed by atoms with E-state index in [0.29, 0.717) is 5.69 Å². The Balaban J connectivity index is 1.95. The molecule has 1 fully saturated rings. The molecule has 1 aliphatic rings. The molecule has 1 amide bonds. The van der Waals surface area contributed by atoms with Crippen molar-refractivity contribution < 1.29 is 9.53 Å². The van der Waals surface area contributed by atoms with Crippen LogP contribution in [0.5, 0.6) is 0 Å². The van der Waals surface area contributed by atoms with E-state index in [1.54, 1.807) is 6.07 Å². The Morgan fingerprint density at radius 2 is 2.29 bits per heavy atom. The standard InChI is InChI=1S/C16H24N3O2/c1-16(2,3)21-15(20)18-12-7-6-10-19(11-12)14-9-5-4-8-13(14)17/h4-5,9,12H,6-7,10-11,17H2,1-3H3,(H,18,20)/t12-/m1/s1. The molecule has 21 heavy (non-hydrogen) atoms. The fourth-order valence-electron chi connectivity index (χ4n) is 2.50. The zero-order valence-electron chi connectivity index (χ0n) is 13.0. The van der Waals surface area contributed by atoms with Gasteiger partial charge in [-0.3, -0.25) is 0 Å². The summed E-state index contributed by atoms with van der Waals surface area (Å²) >= 11 is 0. The highest BCUT2D eigenvalue weighted by molar-refractivity contribution is 5.69. The van der Waals surface area contributed by atoms with Crippen LogP contribution < -0.4 is 16.0 Å². The summed E-state index contributed by atoms with van der Waals surface area (Å²) in [6.07, 6.45) is 1.60. The van der Waals surface area contributed by atoms with Gasteiger partial charge in [0.2, 0.25) is 0 Å². The second-order valence-corrected chi connectivity index (χ2v) is 6.40. The van der Waals surface area contributed by atoms with Crippen molar-refractivity contribution in [2.45, 2.75) is 45.3 Å². The van der Waals surface area contributed by atoms with Gasteiger partial charge >= 0.3 is 6.09 Å². The fraction of sp³-hybridized carbons (Fsp3) is 0.562. The largest absolute Gasteiger partial charge is 0.444 e. The summed E-state index contributed by atoms with van der Waals surface area (Å²) in [5.74, 6) is 0. The summed E-state index contributed by atoms with van der Waals surface area (Å²) in [5.41, 5.74) is 7.13. The Labute approximate surface area is 126 Å². The van der Waals surface area contributed by atoms with Gasteiger partial charge in [0, 0.05) is 25.2 Å². The fourth-order valence-corrected chi connectivity index (χ4v) is 2.50. The van der Waals surface area contributed by atoms with Crippen LogP contribution in [0.3, 0.4) is 0 Å². The van der Waals surface area contributed by atoms with E-state index in [-0.39, 0.29) is 12.1 Å². The van der Waals surface area contributed by atoms with E-state index in [2.05, 4.69) is 16.3 Å². The Hall–Kier alpha value is -1.91. The molecule has 3 N–H and O–H groups in total. The highest BCUT2D eigenvalue weighted by Crippen LogP contribution is 2.25. The van der Waals surface area contributed by atoms with E-state index >= 15 is 0 Å². The van der Waals surface area contributed by atoms with Gasteiger partial charge in [0.15, 0.2) is 0 Å². The molecule has 5 nitrogen and oxygen atoms in total. The Morgan fingerprint density at radius 1 is 1.52 bits per heavy atom. The van der Waals surface area contributed by atoms with E-state index in [9.17, 15) is 4.79 Å². The summed E-state index contributed by atoms with van der Waals surface area (Å²) < 4.78 is 5.31. The minimum absolute atomic E-state index is 0.0770. The Bertz CT molecular complexity index is 497. The van der Waals surface area contributed by atoms with Crippen LogP contribution in [0.15, 0.2) is 18.2 Å². The molecule has 0 spiro atoms. The number of nitrogen functional groups attached to an aromatic ring is 1. The van der Waals surface area contributed by atoms with E-state index in [4.69, 9.17) is 10.5 Å². The molecule has 5 heteroatoms. The number of nitrogens with two attached hydrogens (primary N) is 1. The molecule has 0 unspecified atom stereocenters. The molecule has 0 aliphatic carbocycles. The number of amides is 1. The average Bonchev–Trinajstić information content (AvgIpc) is 2.37. The van der Waals surface area contributed by atoms with Gasteiger partial charge in [-0.05, 0) is 39.7 Å². The number of carbonyl (C=O) groups is 1. The van der Waals surface area contributed by atoms with E-state index in [1.165, 1.54) is 0 Å². The second-order valence-electron chi connectivity index (χ2n) is 6.40. The number of ether oxygens (including phenoxy) is 1. The molecular formula is C16H24N3O2. The monoisotopic (exact) mass is 290 g/mol. The lowest BCUT2D eigenvalue weighted by atomic mass is 10.0. The number of benzene rings is 1. The molecule has 2 rings (SSSR count). The van der Waals surface area contributed by atoms with Crippen molar-refractivity contribution in [1.82, 2.24) is 5.32 Å². The summed E-state index contributed by atoms with van der Waals surface area (Å²) in [5, 5.41) is 2.94. The molecule has 0 bridgehead atoms. The Kier molecular flexibility index (Phi) is 4.60. The highest BCUT2D eigenvalue weighted by Gasteiger charge is 2.24. The van der Waals surface area contributed by atoms with Crippen molar-refractivity contribution in [2.75, 3.05) is 23.7 Å². The molecule has 1 heterocycles. The van der Waals surface area contributed by atoms with Crippen LogP contribution in [0.2, 0.25) is 0 Å². The molecule has 0 saturated carbocycles. The third-order valence-corrected chi connectivity index (χ3v) is 3.35. The molecule has 1 saturated heterocycles. The number of piperidine rings is 1. The number of carbonyl (C=O) groups excluding carboxylic acids is 1. The number of nitrogens with one attached hydrogen (secondary N) is 1. The first-order chi connectivity index (χ1) is 9.85. The van der Waals surface area contributed by atoms with Crippen molar-refractivity contribution >= 4 is 17.5 Å².